The summed E-state index contributed by atoms with van der Waals surface area (Å²) in [4.78, 5) is 45.1. The Bertz CT molecular complexity index is 2170. The average Bonchev–Trinajstić information content (AvgIpc) is 3.73. The molecule has 3 saturated heterocycles. The maximum Gasteiger partial charge on any atom is 0.261 e. The maximum absolute atomic E-state index is 14.0. The molecule has 4 aliphatic heterocycles. The highest BCUT2D eigenvalue weighted by Gasteiger charge is 2.81. The van der Waals surface area contributed by atoms with Gasteiger partial charge in [0.05, 0.1) is 36.0 Å². The Morgan fingerprint density at radius 3 is 2.47 bits per heavy atom. The van der Waals surface area contributed by atoms with E-state index in [-0.39, 0.29) is 28.9 Å². The standard InChI is InChI=1S/C47H59N5O7/c1-28-33-25-35(53)39-46-19-12-18-45(2,3)36(46)26-37(47(39,40(28)54)41(33)55)59-44(46)58-24-17-29-27-51(49-48-29)22-9-4-5-10-23-52-42(56)31-14-11-13-30-34(50-20-7-6-8-21-50)16-15-32(38(30)31)43(52)57/h11,13-16,27,33,35-37,39,41,44,53,55H,1,4-10,12,17-26H2,2-3H3/t33-,35-,36+,37+,39-,41+,44+,46-,47+/m0/s1. The number of unbranched alkanes of at least 4 members (excludes halogenated alkanes) is 3. The molecule has 59 heavy (non-hydrogen) atoms. The molecule has 12 nitrogen and oxygen atoms in total. The molecule has 3 aromatic rings. The minimum Gasteiger partial charge on any atom is -0.393 e. The van der Waals surface area contributed by atoms with Gasteiger partial charge < -0.3 is 24.6 Å². The van der Waals surface area contributed by atoms with Gasteiger partial charge in [-0.2, -0.15) is 0 Å². The summed E-state index contributed by atoms with van der Waals surface area (Å²) in [7, 11) is 0. The number of amides is 2. The molecule has 8 aliphatic rings. The molecule has 2 aromatic carbocycles. The lowest BCUT2D eigenvalue weighted by Crippen LogP contribution is -2.78. The maximum atomic E-state index is 14.0. The lowest BCUT2D eigenvalue weighted by molar-refractivity contribution is -0.401. The quantitative estimate of drug-likeness (QED) is 0.122. The van der Waals surface area contributed by atoms with Crippen LogP contribution in [-0.4, -0.2) is 98.5 Å². The number of ketones is 1. The Hall–Kier alpha value is -3.97. The summed E-state index contributed by atoms with van der Waals surface area (Å²) >= 11 is 0. The van der Waals surface area contributed by atoms with Crippen LogP contribution < -0.4 is 4.90 Å². The van der Waals surface area contributed by atoms with Gasteiger partial charge in [0.1, 0.15) is 0 Å². The smallest absolute Gasteiger partial charge is 0.261 e. The molecule has 0 unspecified atom stereocenters. The van der Waals surface area contributed by atoms with E-state index in [2.05, 4.69) is 41.7 Å². The fourth-order valence-corrected chi connectivity index (χ4v) is 13.5. The highest BCUT2D eigenvalue weighted by molar-refractivity contribution is 6.26. The third-order valence-corrected chi connectivity index (χ3v) is 16.1. The number of fused-ring (bicyclic) bond motifs is 2. The van der Waals surface area contributed by atoms with Gasteiger partial charge in [0.2, 0.25) is 0 Å². The van der Waals surface area contributed by atoms with Gasteiger partial charge in [-0.3, -0.25) is 24.0 Å². The fraction of sp³-hybridized carbons (Fsp3) is 0.638. The topological polar surface area (TPSA) is 147 Å². The summed E-state index contributed by atoms with van der Waals surface area (Å²) < 4.78 is 15.3. The molecule has 314 valence electrons. The Labute approximate surface area is 346 Å². The van der Waals surface area contributed by atoms with Crippen molar-refractivity contribution in [3.05, 3.63) is 65.5 Å². The number of aliphatic hydroxyl groups excluding tert-OH is 2. The number of carbonyl (C=O) groups excluding carboxylic acids is 3. The summed E-state index contributed by atoms with van der Waals surface area (Å²) in [5.41, 5.74) is 1.84. The molecule has 2 spiro atoms. The number of aromatic nitrogens is 3. The van der Waals surface area contributed by atoms with Gasteiger partial charge in [0.25, 0.3) is 11.8 Å². The van der Waals surface area contributed by atoms with Crippen molar-refractivity contribution < 1.29 is 34.1 Å². The zero-order valence-electron chi connectivity index (χ0n) is 34.6. The van der Waals surface area contributed by atoms with Crippen molar-refractivity contribution in [1.29, 1.82) is 0 Å². The number of rotatable bonds is 12. The van der Waals surface area contributed by atoms with Gasteiger partial charge in [0, 0.05) is 83.6 Å². The van der Waals surface area contributed by atoms with Crippen LogP contribution in [0, 0.1) is 34.0 Å². The number of aliphatic hydroxyl groups is 2. The highest BCUT2D eigenvalue weighted by atomic mass is 16.7. The number of anilines is 1. The molecule has 4 saturated carbocycles. The van der Waals surface area contributed by atoms with Crippen LogP contribution in [0.2, 0.25) is 0 Å². The van der Waals surface area contributed by atoms with Gasteiger partial charge in [-0.15, -0.1) is 5.10 Å². The van der Waals surface area contributed by atoms with E-state index in [0.29, 0.717) is 55.7 Å². The van der Waals surface area contributed by atoms with Gasteiger partial charge in [0.15, 0.2) is 12.1 Å². The lowest BCUT2D eigenvalue weighted by Gasteiger charge is -2.72. The minimum atomic E-state index is -1.16. The molecule has 7 fully saturated rings. The van der Waals surface area contributed by atoms with Crippen LogP contribution in [0.15, 0.2) is 48.7 Å². The summed E-state index contributed by atoms with van der Waals surface area (Å²) in [5.74, 6) is -1.19. The normalized spacial score (nSPS) is 34.5. The Kier molecular flexibility index (Phi) is 9.69. The van der Waals surface area contributed by atoms with E-state index >= 15 is 0 Å². The van der Waals surface area contributed by atoms with Crippen LogP contribution in [0.3, 0.4) is 0 Å². The van der Waals surface area contributed by atoms with Crippen molar-refractivity contribution in [2.75, 3.05) is 31.1 Å². The average molecular weight is 806 g/mol. The Morgan fingerprint density at radius 1 is 0.915 bits per heavy atom. The predicted octanol–water partition coefficient (Wildman–Crippen LogP) is 6.26. The molecule has 5 heterocycles. The number of ether oxygens (including phenoxy) is 2. The van der Waals surface area contributed by atoms with E-state index in [0.717, 1.165) is 93.0 Å². The second kappa shape index (κ2) is 14.6. The second-order valence-corrected chi connectivity index (χ2v) is 19.5. The van der Waals surface area contributed by atoms with Crippen LogP contribution in [0.5, 0.6) is 0 Å². The molecule has 2 amide bonds. The van der Waals surface area contributed by atoms with E-state index in [4.69, 9.17) is 9.47 Å². The first-order valence-corrected chi connectivity index (χ1v) is 22.4. The summed E-state index contributed by atoms with van der Waals surface area (Å²) in [6.07, 6.45) is 10.6. The molecule has 2 N–H and O–H groups in total. The number of hydrogen-bond acceptors (Lipinski definition) is 10. The largest absolute Gasteiger partial charge is 0.393 e. The van der Waals surface area contributed by atoms with Gasteiger partial charge >= 0.3 is 0 Å². The lowest BCUT2D eigenvalue weighted by atomic mass is 9.37. The van der Waals surface area contributed by atoms with Gasteiger partial charge in [-0.1, -0.05) is 57.0 Å². The first kappa shape index (κ1) is 39.2. The number of Topliss-reactive ketones (excluding diaryl/α,β-unsaturated/α-hetero) is 1. The zero-order chi connectivity index (χ0) is 40.8. The van der Waals surface area contributed by atoms with Gasteiger partial charge in [-0.05, 0) is 92.9 Å². The monoisotopic (exact) mass is 805 g/mol. The van der Waals surface area contributed by atoms with Crippen molar-refractivity contribution in [1.82, 2.24) is 19.9 Å². The van der Waals surface area contributed by atoms with E-state index < -0.39 is 47.3 Å². The number of nitrogens with zero attached hydrogens (tertiary/aromatic N) is 5. The van der Waals surface area contributed by atoms with Crippen LogP contribution in [0.1, 0.15) is 117 Å². The van der Waals surface area contributed by atoms with Crippen molar-refractivity contribution >= 4 is 34.1 Å². The van der Waals surface area contributed by atoms with Crippen LogP contribution in [0.25, 0.3) is 10.8 Å². The van der Waals surface area contributed by atoms with Crippen LogP contribution in [-0.2, 0) is 27.2 Å². The summed E-state index contributed by atoms with van der Waals surface area (Å²) in [6, 6.07) is 9.83. The third kappa shape index (κ3) is 5.78. The number of hydrogen-bond donors (Lipinski definition) is 2. The summed E-state index contributed by atoms with van der Waals surface area (Å²) in [5, 5.41) is 34.1. The SMILES string of the molecule is C=C1C(=O)[C@]23[C@H](O)[C@H]1C[C@H](O)[C@H]2[C@]12CCCC(C)(C)[C@H]1C[C@H]3O[C@H]2OCCc1cn(CCCCCCN2C(=O)c3cccc4c(N5CCCCC5)ccc(c34)C2=O)nn1. The Morgan fingerprint density at radius 2 is 1.68 bits per heavy atom. The summed E-state index contributed by atoms with van der Waals surface area (Å²) in [6.45, 7) is 12.2. The number of imide groups is 1. The number of benzene rings is 2. The molecule has 4 bridgehead atoms. The molecule has 11 rings (SSSR count). The van der Waals surface area contributed by atoms with E-state index in [9.17, 15) is 24.6 Å². The predicted molar refractivity (Wildman–Crippen MR) is 221 cm³/mol. The molecule has 0 radical (unpaired) electrons. The number of piperidine rings is 1. The fourth-order valence-electron chi connectivity index (χ4n) is 13.5. The molecule has 1 aromatic heterocycles. The molecule has 12 heteroatoms. The highest BCUT2D eigenvalue weighted by Crippen LogP contribution is 2.75. The first-order valence-electron chi connectivity index (χ1n) is 22.4. The van der Waals surface area contributed by atoms with E-state index in [1.807, 2.05) is 35.1 Å². The molecule has 4 aliphatic carbocycles. The molecule has 9 atom stereocenters. The van der Waals surface area contributed by atoms with Crippen LogP contribution >= 0.6 is 0 Å². The third-order valence-electron chi connectivity index (χ3n) is 16.1. The number of carbonyl (C=O) groups is 3. The van der Waals surface area contributed by atoms with E-state index in [1.165, 1.54) is 11.3 Å². The minimum absolute atomic E-state index is 0.0205. The van der Waals surface area contributed by atoms with Crippen molar-refractivity contribution in [2.24, 2.45) is 34.0 Å². The van der Waals surface area contributed by atoms with Crippen molar-refractivity contribution in [2.45, 2.75) is 128 Å². The van der Waals surface area contributed by atoms with E-state index in [1.54, 1.807) is 0 Å². The van der Waals surface area contributed by atoms with Crippen molar-refractivity contribution in [3.63, 3.8) is 0 Å². The second-order valence-electron chi connectivity index (χ2n) is 19.5. The molecular weight excluding hydrogens is 747 g/mol. The zero-order valence-corrected chi connectivity index (χ0v) is 34.6. The van der Waals surface area contributed by atoms with Crippen molar-refractivity contribution in [3.8, 4) is 0 Å². The number of aryl methyl sites for hydroxylation is 1. The van der Waals surface area contributed by atoms with Gasteiger partial charge in [-0.25, -0.2) is 0 Å². The molecular formula is C47H59N5O7. The van der Waals surface area contributed by atoms with Crippen LogP contribution in [0.4, 0.5) is 5.69 Å². The first-order chi connectivity index (χ1) is 28.5. The Balaban J connectivity index is 0.726.